The normalized spacial score (nSPS) is 11.4. The predicted octanol–water partition coefficient (Wildman–Crippen LogP) is 4.01. The average Bonchev–Trinajstić information content (AvgIpc) is 2.14. The summed E-state index contributed by atoms with van der Waals surface area (Å²) in [5.74, 6) is 1.07. The third-order valence-corrected chi connectivity index (χ3v) is 3.25. The number of ketones is 1. The Morgan fingerprint density at radius 2 is 2.06 bits per heavy atom. The first-order valence-electron chi connectivity index (χ1n) is 5.66. The molecular weight excluding hydrogens is 280 g/mol. The van der Waals surface area contributed by atoms with Crippen LogP contribution in [-0.4, -0.2) is 12.9 Å². The molecule has 0 atom stereocenters. The molecule has 3 heteroatoms. The molecule has 17 heavy (non-hydrogen) atoms. The van der Waals surface area contributed by atoms with Crippen molar-refractivity contribution in [1.29, 1.82) is 0 Å². The first-order chi connectivity index (χ1) is 7.84. The highest BCUT2D eigenvalue weighted by atomic mass is 79.9. The van der Waals surface area contributed by atoms with Crippen LogP contribution in [0.3, 0.4) is 0 Å². The molecule has 94 valence electrons. The Morgan fingerprint density at radius 1 is 1.41 bits per heavy atom. The van der Waals surface area contributed by atoms with Gasteiger partial charge >= 0.3 is 0 Å². The number of rotatable bonds is 5. The molecule has 0 aliphatic rings. The fraction of sp³-hybridized carbons (Fsp3) is 0.500. The molecule has 1 aromatic carbocycles. The Kier molecular flexibility index (Phi) is 4.75. The van der Waals surface area contributed by atoms with Crippen LogP contribution in [0.1, 0.15) is 32.8 Å². The minimum Gasteiger partial charge on any atom is -0.496 e. The third-order valence-electron chi connectivity index (χ3n) is 2.63. The second-order valence-corrected chi connectivity index (χ2v) is 6.04. The molecule has 0 amide bonds. The van der Waals surface area contributed by atoms with Gasteiger partial charge in [0.2, 0.25) is 0 Å². The summed E-state index contributed by atoms with van der Waals surface area (Å²) >= 11 is 3.47. The van der Waals surface area contributed by atoms with Gasteiger partial charge in [-0.2, -0.15) is 0 Å². The number of halogens is 1. The van der Waals surface area contributed by atoms with Gasteiger partial charge < -0.3 is 9.53 Å². The van der Waals surface area contributed by atoms with Crippen molar-refractivity contribution in [3.8, 4) is 5.75 Å². The van der Waals surface area contributed by atoms with Gasteiger partial charge in [0.1, 0.15) is 11.5 Å². The van der Waals surface area contributed by atoms with Crippen LogP contribution in [0.15, 0.2) is 22.7 Å². The summed E-state index contributed by atoms with van der Waals surface area (Å²) in [6.07, 6.45) is 1.49. The molecule has 0 saturated carbocycles. The quantitative estimate of drug-likeness (QED) is 0.821. The molecule has 0 fully saturated rings. The number of hydrogen-bond acceptors (Lipinski definition) is 2. The number of carbonyl (C=O) groups is 1. The number of methoxy groups -OCH3 is 1. The highest BCUT2D eigenvalue weighted by Gasteiger charge is 2.20. The predicted molar refractivity (Wildman–Crippen MR) is 73.5 cm³/mol. The van der Waals surface area contributed by atoms with Crippen LogP contribution in [0, 0.1) is 5.41 Å². The van der Waals surface area contributed by atoms with Gasteiger partial charge in [0.25, 0.3) is 0 Å². The maximum absolute atomic E-state index is 11.2. The maximum atomic E-state index is 11.2. The zero-order valence-corrected chi connectivity index (χ0v) is 12.4. The van der Waals surface area contributed by atoms with Gasteiger partial charge in [-0.15, -0.1) is 0 Å². The molecule has 0 aromatic heterocycles. The fourth-order valence-electron chi connectivity index (χ4n) is 2.11. The topological polar surface area (TPSA) is 26.3 Å². The Labute approximate surface area is 111 Å². The van der Waals surface area contributed by atoms with Crippen molar-refractivity contribution in [3.63, 3.8) is 0 Å². The van der Waals surface area contributed by atoms with Crippen molar-refractivity contribution in [2.75, 3.05) is 7.11 Å². The summed E-state index contributed by atoms with van der Waals surface area (Å²) in [4.78, 5) is 11.2. The molecule has 0 bridgehead atoms. The van der Waals surface area contributed by atoms with E-state index in [-0.39, 0.29) is 11.2 Å². The lowest BCUT2D eigenvalue weighted by Gasteiger charge is -2.23. The molecule has 0 unspecified atom stereocenters. The molecule has 0 aliphatic carbocycles. The molecule has 0 saturated heterocycles. The van der Waals surface area contributed by atoms with E-state index in [1.807, 2.05) is 12.1 Å². The Balaban J connectivity index is 2.81. The van der Waals surface area contributed by atoms with E-state index in [2.05, 4.69) is 35.8 Å². The molecular formula is C14H19BrO2. The van der Waals surface area contributed by atoms with Crippen LogP contribution in [0.5, 0.6) is 5.75 Å². The maximum Gasteiger partial charge on any atom is 0.133 e. The lowest BCUT2D eigenvalue weighted by atomic mass is 9.81. The van der Waals surface area contributed by atoms with Crippen LogP contribution in [0.25, 0.3) is 0 Å². The monoisotopic (exact) mass is 298 g/mol. The summed E-state index contributed by atoms with van der Waals surface area (Å²) in [6, 6.07) is 6.05. The van der Waals surface area contributed by atoms with Gasteiger partial charge in [0.15, 0.2) is 0 Å². The number of benzene rings is 1. The highest BCUT2D eigenvalue weighted by Crippen LogP contribution is 2.31. The highest BCUT2D eigenvalue weighted by molar-refractivity contribution is 9.10. The van der Waals surface area contributed by atoms with E-state index in [0.717, 1.165) is 16.6 Å². The van der Waals surface area contributed by atoms with E-state index < -0.39 is 0 Å². The molecule has 1 aromatic rings. The van der Waals surface area contributed by atoms with Crippen molar-refractivity contribution in [2.24, 2.45) is 5.41 Å². The minimum absolute atomic E-state index is 0.000137. The van der Waals surface area contributed by atoms with Gasteiger partial charge in [0, 0.05) is 6.42 Å². The third kappa shape index (κ3) is 4.50. The Morgan fingerprint density at radius 3 is 2.53 bits per heavy atom. The van der Waals surface area contributed by atoms with Crippen molar-refractivity contribution in [3.05, 3.63) is 28.2 Å². The van der Waals surface area contributed by atoms with E-state index in [1.165, 1.54) is 5.56 Å². The van der Waals surface area contributed by atoms with Crippen molar-refractivity contribution in [1.82, 2.24) is 0 Å². The van der Waals surface area contributed by atoms with Crippen LogP contribution < -0.4 is 4.74 Å². The van der Waals surface area contributed by atoms with Gasteiger partial charge in [-0.05, 0) is 52.4 Å². The number of Topliss-reactive ketones (excluding diaryl/α,β-unsaturated/α-hetero) is 1. The summed E-state index contributed by atoms with van der Waals surface area (Å²) in [5, 5.41) is 0. The largest absolute Gasteiger partial charge is 0.496 e. The lowest BCUT2D eigenvalue weighted by molar-refractivity contribution is -0.118. The van der Waals surface area contributed by atoms with Gasteiger partial charge in [-0.25, -0.2) is 0 Å². The zero-order valence-electron chi connectivity index (χ0n) is 10.8. The average molecular weight is 299 g/mol. The van der Waals surface area contributed by atoms with Crippen LogP contribution in [0.2, 0.25) is 0 Å². The fourth-order valence-corrected chi connectivity index (χ4v) is 2.70. The summed E-state index contributed by atoms with van der Waals surface area (Å²) in [7, 11) is 1.65. The second-order valence-electron chi connectivity index (χ2n) is 5.19. The van der Waals surface area contributed by atoms with E-state index in [0.29, 0.717) is 6.42 Å². The van der Waals surface area contributed by atoms with Gasteiger partial charge in [0.05, 0.1) is 11.6 Å². The first kappa shape index (κ1) is 14.2. The molecule has 0 spiro atoms. The van der Waals surface area contributed by atoms with E-state index in [4.69, 9.17) is 4.74 Å². The number of carbonyl (C=O) groups excluding carboxylic acids is 1. The standard InChI is InChI=1S/C14H19BrO2/c1-10(16)8-14(2,3)9-11-5-6-13(17-4)12(15)7-11/h5-7H,8-9H2,1-4H3. The van der Waals surface area contributed by atoms with Crippen molar-refractivity contribution in [2.45, 2.75) is 33.6 Å². The van der Waals surface area contributed by atoms with E-state index in [1.54, 1.807) is 14.0 Å². The minimum atomic E-state index is -0.000137. The first-order valence-corrected chi connectivity index (χ1v) is 6.45. The summed E-state index contributed by atoms with van der Waals surface area (Å²) < 4.78 is 6.15. The lowest BCUT2D eigenvalue weighted by Crippen LogP contribution is -2.18. The van der Waals surface area contributed by atoms with Crippen molar-refractivity contribution >= 4 is 21.7 Å². The Bertz CT molecular complexity index is 411. The summed E-state index contributed by atoms with van der Waals surface area (Å²) in [5.41, 5.74) is 1.21. The molecule has 1 rings (SSSR count). The van der Waals surface area contributed by atoms with Crippen LogP contribution in [-0.2, 0) is 11.2 Å². The smallest absolute Gasteiger partial charge is 0.133 e. The van der Waals surface area contributed by atoms with Gasteiger partial charge in [-0.1, -0.05) is 19.9 Å². The van der Waals surface area contributed by atoms with E-state index >= 15 is 0 Å². The molecule has 0 radical (unpaired) electrons. The molecule has 2 nitrogen and oxygen atoms in total. The SMILES string of the molecule is COc1ccc(CC(C)(C)CC(C)=O)cc1Br. The zero-order chi connectivity index (χ0) is 13.1. The van der Waals surface area contributed by atoms with Crippen molar-refractivity contribution < 1.29 is 9.53 Å². The van der Waals surface area contributed by atoms with Crippen LogP contribution in [0.4, 0.5) is 0 Å². The number of ether oxygens (including phenoxy) is 1. The molecule has 0 aliphatic heterocycles. The molecule has 0 N–H and O–H groups in total. The Hall–Kier alpha value is -0.830. The van der Waals surface area contributed by atoms with E-state index in [9.17, 15) is 4.79 Å². The van der Waals surface area contributed by atoms with Gasteiger partial charge in [-0.3, -0.25) is 0 Å². The summed E-state index contributed by atoms with van der Waals surface area (Å²) in [6.45, 7) is 5.88. The molecule has 0 heterocycles. The van der Waals surface area contributed by atoms with Crippen LogP contribution >= 0.6 is 15.9 Å². The second kappa shape index (κ2) is 5.67. The number of hydrogen-bond donors (Lipinski definition) is 0.